The van der Waals surface area contributed by atoms with Crippen LogP contribution in [0.1, 0.15) is 64.3 Å². The van der Waals surface area contributed by atoms with Crippen LogP contribution < -0.4 is 16.0 Å². The highest BCUT2D eigenvalue weighted by atomic mass is 16.4. The van der Waals surface area contributed by atoms with Crippen LogP contribution in [0, 0.1) is 12.8 Å². The summed E-state index contributed by atoms with van der Waals surface area (Å²) in [6, 6.07) is 12.0. The van der Waals surface area contributed by atoms with Crippen LogP contribution in [0.15, 0.2) is 57.6 Å². The molecule has 1 atom stereocenters. The number of carbonyl (C=O) groups excluding carboxylic acids is 3. The van der Waals surface area contributed by atoms with E-state index >= 15 is 0 Å². The van der Waals surface area contributed by atoms with Gasteiger partial charge in [0.05, 0.1) is 11.8 Å². The molecule has 0 radical (unpaired) electrons. The van der Waals surface area contributed by atoms with Crippen molar-refractivity contribution >= 4 is 17.7 Å². The average molecular weight is 478 g/mol. The molecule has 3 amide bonds. The molecule has 1 aliphatic carbocycles. The summed E-state index contributed by atoms with van der Waals surface area (Å²) in [6.45, 7) is 2.12. The molecule has 0 aliphatic heterocycles. The maximum atomic E-state index is 12.9. The van der Waals surface area contributed by atoms with Crippen LogP contribution in [0.25, 0.3) is 11.3 Å². The van der Waals surface area contributed by atoms with E-state index in [0.29, 0.717) is 23.6 Å². The zero-order chi connectivity index (χ0) is 24.8. The smallest absolute Gasteiger partial charge is 0.287 e. The van der Waals surface area contributed by atoms with Crippen LogP contribution in [0.5, 0.6) is 0 Å². The van der Waals surface area contributed by atoms with Gasteiger partial charge in [0.2, 0.25) is 5.91 Å². The van der Waals surface area contributed by atoms with Gasteiger partial charge in [0.1, 0.15) is 17.6 Å². The third kappa shape index (κ3) is 5.82. The number of furan rings is 2. The van der Waals surface area contributed by atoms with E-state index < -0.39 is 11.9 Å². The Balaban J connectivity index is 1.37. The number of carbonyl (C=O) groups is 3. The topological polar surface area (TPSA) is 114 Å². The minimum atomic E-state index is -0.568. The van der Waals surface area contributed by atoms with E-state index in [4.69, 9.17) is 8.83 Å². The number of amides is 3. The van der Waals surface area contributed by atoms with Gasteiger partial charge >= 0.3 is 0 Å². The fourth-order valence-corrected chi connectivity index (χ4v) is 4.53. The molecule has 4 rings (SSSR count). The number of aryl methyl sites for hydroxylation is 1. The number of hydrogen-bond donors (Lipinski definition) is 3. The lowest BCUT2D eigenvalue weighted by atomic mass is 9.83. The van der Waals surface area contributed by atoms with Gasteiger partial charge in [-0.2, -0.15) is 0 Å². The maximum Gasteiger partial charge on any atom is 0.287 e. The zero-order valence-corrected chi connectivity index (χ0v) is 20.1. The lowest BCUT2D eigenvalue weighted by molar-refractivity contribution is -0.124. The largest absolute Gasteiger partial charge is 0.469 e. The molecule has 1 saturated carbocycles. The van der Waals surface area contributed by atoms with Gasteiger partial charge in [-0.1, -0.05) is 43.5 Å². The Morgan fingerprint density at radius 3 is 2.37 bits per heavy atom. The quantitative estimate of drug-likeness (QED) is 0.450. The Hall–Kier alpha value is -3.81. The van der Waals surface area contributed by atoms with Crippen LogP contribution in [-0.2, 0) is 11.3 Å². The van der Waals surface area contributed by atoms with Gasteiger partial charge < -0.3 is 24.8 Å². The summed E-state index contributed by atoms with van der Waals surface area (Å²) >= 11 is 0. The third-order valence-corrected chi connectivity index (χ3v) is 6.56. The fourth-order valence-electron chi connectivity index (χ4n) is 4.53. The molecule has 184 valence electrons. The second-order valence-electron chi connectivity index (χ2n) is 8.90. The number of hydrogen-bond acceptors (Lipinski definition) is 5. The van der Waals surface area contributed by atoms with E-state index in [1.165, 1.54) is 12.7 Å². The van der Waals surface area contributed by atoms with E-state index in [9.17, 15) is 14.4 Å². The van der Waals surface area contributed by atoms with Crippen molar-refractivity contribution < 1.29 is 23.2 Å². The molecule has 0 unspecified atom stereocenters. The Morgan fingerprint density at radius 1 is 0.971 bits per heavy atom. The molecule has 8 heteroatoms. The highest BCUT2D eigenvalue weighted by Crippen LogP contribution is 2.27. The first-order chi connectivity index (χ1) is 17.0. The lowest BCUT2D eigenvalue weighted by Crippen LogP contribution is -2.50. The van der Waals surface area contributed by atoms with Gasteiger partial charge in [0, 0.05) is 19.2 Å². The summed E-state index contributed by atoms with van der Waals surface area (Å²) < 4.78 is 11.0. The Labute approximate surface area is 204 Å². The van der Waals surface area contributed by atoms with Gasteiger partial charge in [-0.15, -0.1) is 0 Å². The van der Waals surface area contributed by atoms with Crippen molar-refractivity contribution in [1.82, 2.24) is 16.0 Å². The summed E-state index contributed by atoms with van der Waals surface area (Å²) in [7, 11) is 1.59. The zero-order valence-electron chi connectivity index (χ0n) is 20.1. The minimum Gasteiger partial charge on any atom is -0.469 e. The summed E-state index contributed by atoms with van der Waals surface area (Å²) in [5.41, 5.74) is 2.25. The first kappa shape index (κ1) is 24.3. The first-order valence-electron chi connectivity index (χ1n) is 12.0. The van der Waals surface area contributed by atoms with Crippen LogP contribution in [0.2, 0.25) is 0 Å². The summed E-state index contributed by atoms with van der Waals surface area (Å²) in [6.07, 6.45) is 6.66. The van der Waals surface area contributed by atoms with Crippen molar-refractivity contribution in [3.05, 3.63) is 71.4 Å². The van der Waals surface area contributed by atoms with Gasteiger partial charge in [-0.05, 0) is 49.4 Å². The van der Waals surface area contributed by atoms with E-state index in [1.807, 2.05) is 24.3 Å². The third-order valence-electron chi connectivity index (χ3n) is 6.56. The Morgan fingerprint density at radius 2 is 1.71 bits per heavy atom. The number of nitrogens with one attached hydrogen (secondary N) is 3. The Bertz CT molecular complexity index is 1170. The maximum absolute atomic E-state index is 12.9. The second-order valence-corrected chi connectivity index (χ2v) is 8.90. The number of benzene rings is 1. The summed E-state index contributed by atoms with van der Waals surface area (Å²) in [5.74, 6) is 0.658. The molecular weight excluding hydrogens is 446 g/mol. The molecule has 0 spiro atoms. The monoisotopic (exact) mass is 477 g/mol. The van der Waals surface area contributed by atoms with Crippen LogP contribution in [-0.4, -0.2) is 30.8 Å². The highest BCUT2D eigenvalue weighted by Gasteiger charge is 2.31. The molecule has 2 aromatic heterocycles. The molecule has 1 aliphatic rings. The molecule has 1 aromatic carbocycles. The molecule has 2 heterocycles. The minimum absolute atomic E-state index is 0.132. The molecule has 1 fully saturated rings. The molecule has 35 heavy (non-hydrogen) atoms. The van der Waals surface area contributed by atoms with E-state index in [2.05, 4.69) is 16.0 Å². The summed E-state index contributed by atoms with van der Waals surface area (Å²) in [4.78, 5) is 37.5. The van der Waals surface area contributed by atoms with Crippen LogP contribution in [0.4, 0.5) is 0 Å². The molecule has 3 N–H and O–H groups in total. The Kier molecular flexibility index (Phi) is 7.70. The molecule has 3 aromatic rings. The molecule has 0 bridgehead atoms. The van der Waals surface area contributed by atoms with Crippen LogP contribution in [0.3, 0.4) is 0 Å². The number of likely N-dealkylation sites (N-methyl/N-ethyl adjacent to an activating group) is 1. The van der Waals surface area contributed by atoms with Crippen molar-refractivity contribution in [2.75, 3.05) is 7.05 Å². The van der Waals surface area contributed by atoms with Gasteiger partial charge in [0.15, 0.2) is 5.76 Å². The predicted molar refractivity (Wildman–Crippen MR) is 131 cm³/mol. The number of rotatable bonds is 8. The average Bonchev–Trinajstić information content (AvgIpc) is 3.56. The van der Waals surface area contributed by atoms with Crippen molar-refractivity contribution in [3.8, 4) is 11.3 Å². The van der Waals surface area contributed by atoms with Crippen LogP contribution >= 0.6 is 0 Å². The molecule has 8 nitrogen and oxygen atoms in total. The lowest BCUT2D eigenvalue weighted by Gasteiger charge is -2.29. The van der Waals surface area contributed by atoms with Crippen molar-refractivity contribution in [2.45, 2.75) is 51.6 Å². The van der Waals surface area contributed by atoms with E-state index in [1.54, 1.807) is 32.2 Å². The SMILES string of the molecule is CNC(=O)[C@@H](NC(=O)c1ccc(-c2ccc(CNC(=O)c3ccoc3C)cc2)o1)C1CCCCC1. The highest BCUT2D eigenvalue weighted by molar-refractivity contribution is 5.96. The standard InChI is InChI=1S/C27H31N3O5/c1-17-21(14-15-34-17)25(31)29-16-18-8-10-19(11-9-18)22-12-13-23(35-22)26(32)30-24(27(33)28-2)20-6-4-3-5-7-20/h8-15,20,24H,3-7,16H2,1-2H3,(H,28,33)(H,29,31)(H,30,32)/t24-/m0/s1. The van der Waals surface area contributed by atoms with Gasteiger partial charge in [-0.3, -0.25) is 14.4 Å². The van der Waals surface area contributed by atoms with Crippen molar-refractivity contribution in [3.63, 3.8) is 0 Å². The molecule has 0 saturated heterocycles. The predicted octanol–water partition coefficient (Wildman–Crippen LogP) is 4.20. The van der Waals surface area contributed by atoms with E-state index in [-0.39, 0.29) is 23.5 Å². The van der Waals surface area contributed by atoms with Gasteiger partial charge in [0.25, 0.3) is 11.8 Å². The second kappa shape index (κ2) is 11.1. The first-order valence-corrected chi connectivity index (χ1v) is 12.0. The fraction of sp³-hybridized carbons (Fsp3) is 0.370. The van der Waals surface area contributed by atoms with E-state index in [0.717, 1.165) is 36.8 Å². The van der Waals surface area contributed by atoms with Crippen molar-refractivity contribution in [1.29, 1.82) is 0 Å². The summed E-state index contributed by atoms with van der Waals surface area (Å²) in [5, 5.41) is 8.42. The normalized spacial score (nSPS) is 14.8. The van der Waals surface area contributed by atoms with Gasteiger partial charge in [-0.25, -0.2) is 0 Å². The van der Waals surface area contributed by atoms with Crippen molar-refractivity contribution in [2.24, 2.45) is 5.92 Å². The molecular formula is C27H31N3O5.